The fourth-order valence-electron chi connectivity index (χ4n) is 2.11. The molecular weight excluding hydrogens is 266 g/mol. The molecule has 0 radical (unpaired) electrons. The summed E-state index contributed by atoms with van der Waals surface area (Å²) in [6.45, 7) is 6.84. The second-order valence-corrected chi connectivity index (χ2v) is 4.96. The zero-order valence-electron chi connectivity index (χ0n) is 11.1. The highest BCUT2D eigenvalue weighted by molar-refractivity contribution is 6.33. The first-order chi connectivity index (χ1) is 9.11. The third-order valence-electron chi connectivity index (χ3n) is 3.00. The van der Waals surface area contributed by atoms with Gasteiger partial charge >= 0.3 is 5.97 Å². The van der Waals surface area contributed by atoms with Crippen LogP contribution in [-0.2, 0) is 4.74 Å². The van der Waals surface area contributed by atoms with E-state index in [4.69, 9.17) is 16.3 Å². The average molecular weight is 284 g/mol. The lowest BCUT2D eigenvalue weighted by Gasteiger charge is -2.33. The Kier molecular flexibility index (Phi) is 4.61. The molecule has 0 aliphatic carbocycles. The Labute approximate surface area is 117 Å². The molecule has 2 rings (SSSR count). The van der Waals surface area contributed by atoms with Crippen LogP contribution in [0.1, 0.15) is 24.2 Å². The van der Waals surface area contributed by atoms with Gasteiger partial charge in [-0.1, -0.05) is 11.6 Å². The van der Waals surface area contributed by atoms with Crippen molar-refractivity contribution in [1.82, 2.24) is 10.3 Å². The summed E-state index contributed by atoms with van der Waals surface area (Å²) in [6.07, 6.45) is 1.52. The molecule has 1 aromatic heterocycles. The second kappa shape index (κ2) is 6.21. The van der Waals surface area contributed by atoms with Gasteiger partial charge in [-0.2, -0.15) is 0 Å². The summed E-state index contributed by atoms with van der Waals surface area (Å²) in [4.78, 5) is 18.0. The molecule has 104 valence electrons. The smallest absolute Gasteiger partial charge is 0.339 e. The Hall–Kier alpha value is -1.33. The van der Waals surface area contributed by atoms with E-state index in [0.717, 1.165) is 25.5 Å². The number of aromatic nitrogens is 1. The number of carbonyl (C=O) groups excluding carboxylic acids is 1. The van der Waals surface area contributed by atoms with E-state index in [1.54, 1.807) is 13.0 Å². The molecule has 0 amide bonds. The molecule has 1 fully saturated rings. The third kappa shape index (κ3) is 3.36. The summed E-state index contributed by atoms with van der Waals surface area (Å²) < 4.78 is 4.92. The van der Waals surface area contributed by atoms with Crippen molar-refractivity contribution in [2.24, 2.45) is 0 Å². The van der Waals surface area contributed by atoms with E-state index in [1.165, 1.54) is 6.20 Å². The minimum atomic E-state index is -0.392. The summed E-state index contributed by atoms with van der Waals surface area (Å²) in [5.41, 5.74) is 0.388. The van der Waals surface area contributed by atoms with E-state index in [0.29, 0.717) is 23.2 Å². The number of esters is 1. The van der Waals surface area contributed by atoms with Crippen LogP contribution in [0.5, 0.6) is 0 Å². The van der Waals surface area contributed by atoms with Gasteiger partial charge in [0.05, 0.1) is 17.2 Å². The minimum absolute atomic E-state index is 0.341. The number of rotatable bonds is 3. The lowest BCUT2D eigenvalue weighted by atomic mass is 10.2. The Bertz CT molecular complexity index is 467. The lowest BCUT2D eigenvalue weighted by Crippen LogP contribution is -2.49. The molecule has 1 aromatic rings. The summed E-state index contributed by atoms with van der Waals surface area (Å²) in [7, 11) is 0. The number of ether oxygens (including phenoxy) is 1. The number of nitrogens with one attached hydrogen (secondary N) is 1. The maximum Gasteiger partial charge on any atom is 0.339 e. The lowest BCUT2D eigenvalue weighted by molar-refractivity contribution is 0.0526. The summed E-state index contributed by atoms with van der Waals surface area (Å²) in [6, 6.07) is 2.02. The van der Waals surface area contributed by atoms with Gasteiger partial charge in [-0.15, -0.1) is 0 Å². The van der Waals surface area contributed by atoms with E-state index in [9.17, 15) is 4.79 Å². The Balaban J connectivity index is 2.17. The first-order valence-corrected chi connectivity index (χ1v) is 6.80. The van der Waals surface area contributed by atoms with Crippen LogP contribution in [0.15, 0.2) is 12.3 Å². The van der Waals surface area contributed by atoms with Gasteiger partial charge in [0.2, 0.25) is 0 Å². The van der Waals surface area contributed by atoms with Crippen molar-refractivity contribution in [1.29, 1.82) is 0 Å². The van der Waals surface area contributed by atoms with E-state index in [-0.39, 0.29) is 0 Å². The van der Waals surface area contributed by atoms with Gasteiger partial charge in [0.1, 0.15) is 5.82 Å². The van der Waals surface area contributed by atoms with E-state index >= 15 is 0 Å². The molecule has 1 aliphatic heterocycles. The van der Waals surface area contributed by atoms with Crippen molar-refractivity contribution in [3.63, 3.8) is 0 Å². The molecule has 1 saturated heterocycles. The van der Waals surface area contributed by atoms with Crippen LogP contribution < -0.4 is 10.2 Å². The van der Waals surface area contributed by atoms with Crippen LogP contribution in [0.3, 0.4) is 0 Å². The van der Waals surface area contributed by atoms with Gasteiger partial charge in [0.25, 0.3) is 0 Å². The summed E-state index contributed by atoms with van der Waals surface area (Å²) in [5.74, 6) is 0.334. The zero-order chi connectivity index (χ0) is 13.8. The number of carbonyl (C=O) groups is 1. The van der Waals surface area contributed by atoms with Crippen LogP contribution >= 0.6 is 11.6 Å². The normalized spacial score (nSPS) is 19.3. The molecule has 1 unspecified atom stereocenters. The Morgan fingerprint density at radius 2 is 2.47 bits per heavy atom. The molecule has 0 saturated carbocycles. The number of pyridine rings is 1. The van der Waals surface area contributed by atoms with Gasteiger partial charge in [-0.05, 0) is 19.9 Å². The molecule has 1 aliphatic rings. The van der Waals surface area contributed by atoms with Gasteiger partial charge < -0.3 is 15.0 Å². The molecule has 0 aromatic carbocycles. The molecule has 1 N–H and O–H groups in total. The largest absolute Gasteiger partial charge is 0.462 e. The molecule has 0 bridgehead atoms. The number of halogens is 1. The van der Waals surface area contributed by atoms with Crippen LogP contribution in [0.4, 0.5) is 5.82 Å². The first kappa shape index (κ1) is 14.1. The summed E-state index contributed by atoms with van der Waals surface area (Å²) >= 11 is 6.22. The molecular formula is C13H18ClN3O2. The van der Waals surface area contributed by atoms with Crippen LogP contribution in [0.2, 0.25) is 5.02 Å². The number of hydrogen-bond acceptors (Lipinski definition) is 5. The topological polar surface area (TPSA) is 54.5 Å². The molecule has 2 heterocycles. The molecule has 6 heteroatoms. The fraction of sp³-hybridized carbons (Fsp3) is 0.538. The zero-order valence-corrected chi connectivity index (χ0v) is 11.9. The number of hydrogen-bond donors (Lipinski definition) is 1. The average Bonchev–Trinajstić information content (AvgIpc) is 2.38. The maximum atomic E-state index is 11.6. The van der Waals surface area contributed by atoms with Gasteiger partial charge in [0.15, 0.2) is 0 Å². The van der Waals surface area contributed by atoms with E-state index < -0.39 is 5.97 Å². The van der Waals surface area contributed by atoms with Crippen molar-refractivity contribution in [3.8, 4) is 0 Å². The molecule has 5 nitrogen and oxygen atoms in total. The van der Waals surface area contributed by atoms with Crippen molar-refractivity contribution in [3.05, 3.63) is 22.8 Å². The van der Waals surface area contributed by atoms with Gasteiger partial charge in [-0.25, -0.2) is 9.78 Å². The maximum absolute atomic E-state index is 11.6. The highest BCUT2D eigenvalue weighted by atomic mass is 35.5. The standard InChI is InChI=1S/C13H18ClN3O2/c1-3-19-13(18)10-6-11(14)12(16-7-10)17-5-4-15-9(2)8-17/h6-7,9,15H,3-5,8H2,1-2H3. The van der Waals surface area contributed by atoms with Crippen LogP contribution in [0, 0.1) is 0 Å². The number of piperazine rings is 1. The van der Waals surface area contributed by atoms with Crippen LogP contribution in [0.25, 0.3) is 0 Å². The highest BCUT2D eigenvalue weighted by Crippen LogP contribution is 2.25. The monoisotopic (exact) mass is 283 g/mol. The SMILES string of the molecule is CCOC(=O)c1cnc(N2CCNC(C)C2)c(Cl)c1. The third-order valence-corrected chi connectivity index (χ3v) is 3.28. The van der Waals surface area contributed by atoms with Crippen molar-refractivity contribution >= 4 is 23.4 Å². The van der Waals surface area contributed by atoms with Gasteiger partial charge in [-0.3, -0.25) is 0 Å². The molecule has 1 atom stereocenters. The van der Waals surface area contributed by atoms with Crippen molar-refractivity contribution in [2.75, 3.05) is 31.1 Å². The Morgan fingerprint density at radius 1 is 1.68 bits per heavy atom. The van der Waals surface area contributed by atoms with Crippen molar-refractivity contribution < 1.29 is 9.53 Å². The number of nitrogens with zero attached hydrogens (tertiary/aromatic N) is 2. The van der Waals surface area contributed by atoms with Gasteiger partial charge in [0, 0.05) is 31.9 Å². The first-order valence-electron chi connectivity index (χ1n) is 6.42. The fourth-order valence-corrected chi connectivity index (χ4v) is 2.40. The number of anilines is 1. The summed E-state index contributed by atoms with van der Waals surface area (Å²) in [5, 5.41) is 3.85. The molecule has 19 heavy (non-hydrogen) atoms. The van der Waals surface area contributed by atoms with E-state index in [1.807, 2.05) is 0 Å². The predicted octanol–water partition coefficient (Wildman–Crippen LogP) is 1.71. The second-order valence-electron chi connectivity index (χ2n) is 4.55. The van der Waals surface area contributed by atoms with Crippen LogP contribution in [-0.4, -0.2) is 43.2 Å². The van der Waals surface area contributed by atoms with E-state index in [2.05, 4.69) is 22.1 Å². The predicted molar refractivity (Wildman–Crippen MR) is 74.9 cm³/mol. The van der Waals surface area contributed by atoms with Crippen molar-refractivity contribution in [2.45, 2.75) is 19.9 Å². The molecule has 0 spiro atoms. The highest BCUT2D eigenvalue weighted by Gasteiger charge is 2.20. The Morgan fingerprint density at radius 3 is 3.11 bits per heavy atom. The minimum Gasteiger partial charge on any atom is -0.462 e. The quantitative estimate of drug-likeness (QED) is 0.856.